The molecule has 4 rings (SSSR count). The molecule has 154 valence electrons. The number of phenols is 1. The molecule has 29 heavy (non-hydrogen) atoms. The maximum atomic E-state index is 12.5. The number of aromatic hydroxyl groups is 1. The molecule has 2 aliphatic carbocycles. The van der Waals surface area contributed by atoms with Crippen LogP contribution in [0.4, 0.5) is 0 Å². The lowest BCUT2D eigenvalue weighted by Crippen LogP contribution is -2.49. The second kappa shape index (κ2) is 8.05. The van der Waals surface area contributed by atoms with E-state index in [9.17, 15) is 15.0 Å². The van der Waals surface area contributed by atoms with E-state index < -0.39 is 5.60 Å². The number of hydrogen-bond acceptors (Lipinski definition) is 3. The number of amides is 1. The van der Waals surface area contributed by atoms with Gasteiger partial charge in [0.2, 0.25) is 5.91 Å². The minimum Gasteiger partial charge on any atom is -0.508 e. The molecule has 0 aromatic heterocycles. The minimum absolute atomic E-state index is 0.0949. The number of aliphatic hydroxyl groups is 1. The van der Waals surface area contributed by atoms with Crippen LogP contribution in [0.25, 0.3) is 0 Å². The van der Waals surface area contributed by atoms with Gasteiger partial charge in [0.1, 0.15) is 11.4 Å². The molecule has 0 unspecified atom stereocenters. The summed E-state index contributed by atoms with van der Waals surface area (Å²) < 4.78 is 0. The Morgan fingerprint density at radius 1 is 1.31 bits per heavy atom. The number of likely N-dealkylation sites (tertiary alicyclic amines) is 1. The molecule has 1 saturated heterocycles. The Morgan fingerprint density at radius 2 is 2.10 bits per heavy atom. The predicted octanol–water partition coefficient (Wildman–Crippen LogP) is 3.88. The van der Waals surface area contributed by atoms with Gasteiger partial charge in [0.25, 0.3) is 0 Å². The molecule has 0 spiro atoms. The van der Waals surface area contributed by atoms with Gasteiger partial charge in [0.15, 0.2) is 0 Å². The van der Waals surface area contributed by atoms with E-state index in [-0.39, 0.29) is 23.0 Å². The third-order valence-electron chi connectivity index (χ3n) is 7.18. The molecule has 1 aromatic rings. The fourth-order valence-corrected chi connectivity index (χ4v) is 5.84. The fourth-order valence-electron chi connectivity index (χ4n) is 5.67. The van der Waals surface area contributed by atoms with E-state index in [1.165, 1.54) is 11.1 Å². The van der Waals surface area contributed by atoms with Gasteiger partial charge in [-0.25, -0.2) is 0 Å². The van der Waals surface area contributed by atoms with Gasteiger partial charge < -0.3 is 15.1 Å². The Balaban J connectivity index is 1.63. The second-order valence-corrected chi connectivity index (χ2v) is 9.02. The van der Waals surface area contributed by atoms with Crippen LogP contribution >= 0.6 is 11.6 Å². The number of carbonyl (C=O) groups excluding carboxylic acids is 1. The zero-order chi connectivity index (χ0) is 20.5. The number of fused-ring (bicyclic) bond motifs is 3. The van der Waals surface area contributed by atoms with Crippen molar-refractivity contribution in [3.63, 3.8) is 0 Å². The molecule has 3 aliphatic rings. The Bertz CT molecular complexity index is 880. The summed E-state index contributed by atoms with van der Waals surface area (Å²) in [5, 5.41) is 23.2. The van der Waals surface area contributed by atoms with Crippen LogP contribution in [0.1, 0.15) is 56.1 Å². The molecule has 3 atom stereocenters. The molecule has 1 aromatic carbocycles. The summed E-state index contributed by atoms with van der Waals surface area (Å²) in [6.45, 7) is 1.70. The summed E-state index contributed by atoms with van der Waals surface area (Å²) in [7, 11) is 0. The molecule has 0 bridgehead atoms. The standard InChI is InChI=1S/C24H28ClNO3/c25-13-12-23(29)10-11-24(9-3-4-22(28)26-14-1-2-15-26)19(17-23)6-5-18-16-20(27)7-8-21(18)24/h3-4,7-8,16,19,27,29H,1-2,5-6,9-11,14-15,17H2/t19-,23+,24-/m0/s1. The van der Waals surface area contributed by atoms with Crippen molar-refractivity contribution in [2.24, 2.45) is 5.92 Å². The Kier molecular flexibility index (Phi) is 5.64. The Labute approximate surface area is 177 Å². The molecule has 0 radical (unpaired) electrons. The number of rotatable bonds is 3. The lowest BCUT2D eigenvalue weighted by Gasteiger charge is -2.52. The number of carbonyl (C=O) groups is 1. The van der Waals surface area contributed by atoms with E-state index in [4.69, 9.17) is 11.6 Å². The van der Waals surface area contributed by atoms with E-state index >= 15 is 0 Å². The first-order valence-electron chi connectivity index (χ1n) is 10.6. The second-order valence-electron chi connectivity index (χ2n) is 8.83. The van der Waals surface area contributed by atoms with Gasteiger partial charge in [-0.15, -0.1) is 0 Å². The van der Waals surface area contributed by atoms with Crippen LogP contribution in [0.2, 0.25) is 0 Å². The molecule has 1 amide bonds. The summed E-state index contributed by atoms with van der Waals surface area (Å²) in [5.74, 6) is 3.44. The average Bonchev–Trinajstić information content (AvgIpc) is 3.23. The highest BCUT2D eigenvalue weighted by Gasteiger charge is 2.50. The average molecular weight is 414 g/mol. The first kappa shape index (κ1) is 20.3. The van der Waals surface area contributed by atoms with Gasteiger partial charge in [0.05, 0.1) is 0 Å². The first-order valence-corrected chi connectivity index (χ1v) is 11.0. The Hall–Kier alpha value is -1.96. The van der Waals surface area contributed by atoms with E-state index in [1.807, 2.05) is 23.1 Å². The van der Waals surface area contributed by atoms with Crippen molar-refractivity contribution < 1.29 is 15.0 Å². The van der Waals surface area contributed by atoms with Crippen LogP contribution in [-0.2, 0) is 16.6 Å². The third kappa shape index (κ3) is 3.91. The van der Waals surface area contributed by atoms with Gasteiger partial charge in [-0.05, 0) is 98.2 Å². The highest BCUT2D eigenvalue weighted by molar-refractivity contribution is 6.30. The minimum atomic E-state index is -1.04. The number of hydrogen-bond donors (Lipinski definition) is 2. The van der Waals surface area contributed by atoms with E-state index in [1.54, 1.807) is 12.1 Å². The molecule has 1 aliphatic heterocycles. The number of halogens is 1. The molecular formula is C24H28ClNO3. The van der Waals surface area contributed by atoms with E-state index in [2.05, 4.69) is 11.3 Å². The lowest BCUT2D eigenvalue weighted by atomic mass is 9.53. The highest BCUT2D eigenvalue weighted by atomic mass is 35.5. The third-order valence-corrected chi connectivity index (χ3v) is 7.27. The summed E-state index contributed by atoms with van der Waals surface area (Å²) >= 11 is 5.61. The van der Waals surface area contributed by atoms with E-state index in [0.717, 1.165) is 51.6 Å². The fraction of sp³-hybridized carbons (Fsp3) is 0.542. The molecular weight excluding hydrogens is 386 g/mol. The SMILES string of the molecule is O=C(C=CC[C@]12CC[C@@](O)(C#CCl)C[C@@H]1CCc1cc(O)ccc12)N1CCCC1. The highest BCUT2D eigenvalue weighted by Crippen LogP contribution is 2.54. The topological polar surface area (TPSA) is 60.8 Å². The zero-order valence-corrected chi connectivity index (χ0v) is 17.4. The Morgan fingerprint density at radius 3 is 2.86 bits per heavy atom. The largest absolute Gasteiger partial charge is 0.508 e. The molecule has 1 saturated carbocycles. The molecule has 1 heterocycles. The maximum absolute atomic E-state index is 12.5. The van der Waals surface area contributed by atoms with Crippen molar-refractivity contribution in [1.29, 1.82) is 0 Å². The number of allylic oxidation sites excluding steroid dienone is 1. The summed E-state index contributed by atoms with van der Waals surface area (Å²) in [5.41, 5.74) is 1.23. The van der Waals surface area contributed by atoms with Crippen LogP contribution in [0.15, 0.2) is 30.4 Å². The monoisotopic (exact) mass is 413 g/mol. The quantitative estimate of drug-likeness (QED) is 0.584. The maximum Gasteiger partial charge on any atom is 0.246 e. The van der Waals surface area contributed by atoms with Crippen molar-refractivity contribution in [3.8, 4) is 17.0 Å². The lowest BCUT2D eigenvalue weighted by molar-refractivity contribution is -0.125. The van der Waals surface area contributed by atoms with E-state index in [0.29, 0.717) is 12.8 Å². The zero-order valence-electron chi connectivity index (χ0n) is 16.7. The van der Waals surface area contributed by atoms with Crippen LogP contribution in [0, 0.1) is 17.2 Å². The van der Waals surface area contributed by atoms with Crippen molar-refractivity contribution in [2.45, 2.75) is 62.4 Å². The molecule has 2 N–H and O–H groups in total. The normalized spacial score (nSPS) is 31.1. The molecule has 4 nitrogen and oxygen atoms in total. The molecule has 5 heteroatoms. The number of aryl methyl sites for hydroxylation is 1. The van der Waals surface area contributed by atoms with Crippen molar-refractivity contribution in [3.05, 3.63) is 41.5 Å². The van der Waals surface area contributed by atoms with Gasteiger partial charge >= 0.3 is 0 Å². The molecule has 2 fully saturated rings. The van der Waals surface area contributed by atoms with Crippen molar-refractivity contribution >= 4 is 17.5 Å². The number of phenolic OH excluding ortho intramolecular Hbond substituents is 1. The van der Waals surface area contributed by atoms with Crippen LogP contribution < -0.4 is 0 Å². The number of nitrogens with zero attached hydrogens (tertiary/aromatic N) is 1. The van der Waals surface area contributed by atoms with Crippen molar-refractivity contribution in [2.75, 3.05) is 13.1 Å². The first-order chi connectivity index (χ1) is 14.0. The summed E-state index contributed by atoms with van der Waals surface area (Å²) in [6.07, 6.45) is 10.4. The van der Waals surface area contributed by atoms with Gasteiger partial charge in [-0.3, -0.25) is 4.79 Å². The van der Waals surface area contributed by atoms with Crippen LogP contribution in [-0.4, -0.2) is 39.7 Å². The summed E-state index contributed by atoms with van der Waals surface area (Å²) in [6, 6.07) is 5.65. The van der Waals surface area contributed by atoms with Crippen molar-refractivity contribution in [1.82, 2.24) is 4.90 Å². The van der Waals surface area contributed by atoms with Gasteiger partial charge in [0, 0.05) is 23.9 Å². The van der Waals surface area contributed by atoms with Crippen LogP contribution in [0.3, 0.4) is 0 Å². The number of benzene rings is 1. The predicted molar refractivity (Wildman–Crippen MR) is 114 cm³/mol. The van der Waals surface area contributed by atoms with Crippen LogP contribution in [0.5, 0.6) is 5.75 Å². The van der Waals surface area contributed by atoms with Gasteiger partial charge in [-0.2, -0.15) is 0 Å². The smallest absolute Gasteiger partial charge is 0.246 e. The summed E-state index contributed by atoms with van der Waals surface area (Å²) in [4.78, 5) is 14.4. The van der Waals surface area contributed by atoms with Gasteiger partial charge in [-0.1, -0.05) is 18.1 Å².